The minimum Gasteiger partial charge on any atom is -0.481 e. The molecule has 0 saturated heterocycles. The number of amides is 1. The molecule has 0 aliphatic heterocycles. The van der Waals surface area contributed by atoms with Crippen LogP contribution in [0.3, 0.4) is 0 Å². The highest BCUT2D eigenvalue weighted by Crippen LogP contribution is 2.25. The highest BCUT2D eigenvalue weighted by Gasteiger charge is 2.30. The fraction of sp³-hybridized carbons (Fsp3) is 0.800. The number of rotatable bonds is 3. The molecule has 0 aromatic carbocycles. The molecule has 1 saturated carbocycles. The summed E-state index contributed by atoms with van der Waals surface area (Å²) in [4.78, 5) is 22.0. The zero-order valence-corrected chi connectivity index (χ0v) is 8.62. The van der Waals surface area contributed by atoms with Crippen LogP contribution in [0.1, 0.15) is 33.1 Å². The highest BCUT2D eigenvalue weighted by molar-refractivity contribution is 5.78. The van der Waals surface area contributed by atoms with Gasteiger partial charge >= 0.3 is 5.97 Å². The van der Waals surface area contributed by atoms with Gasteiger partial charge in [0.25, 0.3) is 0 Å². The molecule has 0 unspecified atom stereocenters. The van der Waals surface area contributed by atoms with Crippen molar-refractivity contribution in [3.8, 4) is 0 Å². The molecule has 2 atom stereocenters. The van der Waals surface area contributed by atoms with E-state index >= 15 is 0 Å². The molecule has 0 bridgehead atoms. The first kappa shape index (κ1) is 11.0. The van der Waals surface area contributed by atoms with Gasteiger partial charge in [-0.2, -0.15) is 0 Å². The first-order chi connectivity index (χ1) is 6.50. The fourth-order valence-corrected chi connectivity index (χ4v) is 1.70. The van der Waals surface area contributed by atoms with E-state index in [1.54, 1.807) is 0 Å². The van der Waals surface area contributed by atoms with E-state index in [1.165, 1.54) is 0 Å². The second kappa shape index (κ2) is 4.44. The molecule has 0 aromatic heterocycles. The Morgan fingerprint density at radius 2 is 2.00 bits per heavy atom. The van der Waals surface area contributed by atoms with Crippen molar-refractivity contribution >= 4 is 11.9 Å². The van der Waals surface area contributed by atoms with Crippen molar-refractivity contribution in [2.45, 2.75) is 39.2 Å². The van der Waals surface area contributed by atoms with Gasteiger partial charge in [0, 0.05) is 12.0 Å². The van der Waals surface area contributed by atoms with E-state index in [4.69, 9.17) is 5.11 Å². The van der Waals surface area contributed by atoms with Gasteiger partial charge in [-0.15, -0.1) is 0 Å². The van der Waals surface area contributed by atoms with E-state index in [2.05, 4.69) is 5.32 Å². The van der Waals surface area contributed by atoms with Crippen LogP contribution < -0.4 is 5.32 Å². The molecule has 14 heavy (non-hydrogen) atoms. The summed E-state index contributed by atoms with van der Waals surface area (Å²) in [6.45, 7) is 3.66. The normalized spacial score (nSPS) is 26.5. The van der Waals surface area contributed by atoms with Gasteiger partial charge in [0.1, 0.15) is 0 Å². The van der Waals surface area contributed by atoms with Crippen molar-refractivity contribution in [3.63, 3.8) is 0 Å². The fourth-order valence-electron chi connectivity index (χ4n) is 1.70. The summed E-state index contributed by atoms with van der Waals surface area (Å²) in [5.74, 6) is -1.03. The van der Waals surface area contributed by atoms with Gasteiger partial charge in [-0.3, -0.25) is 9.59 Å². The number of carboxylic acids is 1. The summed E-state index contributed by atoms with van der Waals surface area (Å²) in [6.07, 6.45) is 2.04. The van der Waals surface area contributed by atoms with Crippen molar-refractivity contribution in [1.82, 2.24) is 5.32 Å². The van der Waals surface area contributed by atoms with Crippen molar-refractivity contribution in [1.29, 1.82) is 0 Å². The van der Waals surface area contributed by atoms with E-state index in [1.807, 2.05) is 13.8 Å². The van der Waals surface area contributed by atoms with Crippen LogP contribution in [-0.4, -0.2) is 23.0 Å². The largest absolute Gasteiger partial charge is 0.481 e. The Bertz CT molecular complexity index is 238. The maximum Gasteiger partial charge on any atom is 0.306 e. The Morgan fingerprint density at radius 1 is 1.36 bits per heavy atom. The summed E-state index contributed by atoms with van der Waals surface area (Å²) >= 11 is 0. The van der Waals surface area contributed by atoms with Gasteiger partial charge < -0.3 is 10.4 Å². The van der Waals surface area contributed by atoms with E-state index in [9.17, 15) is 9.59 Å². The van der Waals surface area contributed by atoms with Crippen LogP contribution in [0, 0.1) is 11.8 Å². The second-order valence-electron chi connectivity index (χ2n) is 4.21. The van der Waals surface area contributed by atoms with E-state index < -0.39 is 5.97 Å². The summed E-state index contributed by atoms with van der Waals surface area (Å²) < 4.78 is 0. The third kappa shape index (κ3) is 2.72. The summed E-state index contributed by atoms with van der Waals surface area (Å²) in [5, 5.41) is 11.6. The number of hydrogen-bond acceptors (Lipinski definition) is 2. The van der Waals surface area contributed by atoms with E-state index in [0.29, 0.717) is 12.8 Å². The third-order valence-corrected chi connectivity index (χ3v) is 2.65. The molecule has 1 aliphatic rings. The van der Waals surface area contributed by atoms with Crippen LogP contribution >= 0.6 is 0 Å². The summed E-state index contributed by atoms with van der Waals surface area (Å²) in [6, 6.07) is 0.0611. The Balaban J connectivity index is 2.36. The molecule has 0 radical (unpaired) electrons. The first-order valence-corrected chi connectivity index (χ1v) is 5.04. The lowest BCUT2D eigenvalue weighted by Gasteiger charge is -2.13. The Morgan fingerprint density at radius 3 is 2.43 bits per heavy atom. The van der Waals surface area contributed by atoms with Gasteiger partial charge in [0.15, 0.2) is 0 Å². The van der Waals surface area contributed by atoms with Crippen LogP contribution in [0.25, 0.3) is 0 Å². The quantitative estimate of drug-likeness (QED) is 0.713. The highest BCUT2D eigenvalue weighted by atomic mass is 16.4. The Kier molecular flexibility index (Phi) is 3.49. The molecule has 80 valence electrons. The number of carbonyl (C=O) groups excluding carboxylic acids is 1. The summed E-state index contributed by atoms with van der Waals surface area (Å²) in [5.41, 5.74) is 0. The Hall–Kier alpha value is -1.06. The van der Waals surface area contributed by atoms with Crippen LogP contribution in [0.5, 0.6) is 0 Å². The predicted octanol–water partition coefficient (Wildman–Crippen LogP) is 1.01. The molecule has 1 aliphatic carbocycles. The van der Waals surface area contributed by atoms with Crippen LogP contribution in [0.2, 0.25) is 0 Å². The molecule has 2 N–H and O–H groups in total. The topological polar surface area (TPSA) is 66.4 Å². The average molecular weight is 199 g/mol. The van der Waals surface area contributed by atoms with E-state index in [-0.39, 0.29) is 23.8 Å². The maximum absolute atomic E-state index is 11.3. The molecular formula is C10H17NO3. The number of carbonyl (C=O) groups is 2. The van der Waals surface area contributed by atoms with Crippen LogP contribution in [0.15, 0.2) is 0 Å². The lowest BCUT2D eigenvalue weighted by molar-refractivity contribution is -0.141. The minimum atomic E-state index is -0.744. The summed E-state index contributed by atoms with van der Waals surface area (Å²) in [7, 11) is 0. The van der Waals surface area contributed by atoms with Gasteiger partial charge in [0.05, 0.1) is 5.92 Å². The molecule has 1 amide bonds. The van der Waals surface area contributed by atoms with Crippen molar-refractivity contribution in [2.24, 2.45) is 11.8 Å². The van der Waals surface area contributed by atoms with Crippen molar-refractivity contribution < 1.29 is 14.7 Å². The van der Waals surface area contributed by atoms with Crippen molar-refractivity contribution in [3.05, 3.63) is 0 Å². The predicted molar refractivity (Wildman–Crippen MR) is 51.7 cm³/mol. The van der Waals surface area contributed by atoms with Gasteiger partial charge in [-0.25, -0.2) is 0 Å². The molecule has 4 heteroatoms. The first-order valence-electron chi connectivity index (χ1n) is 5.04. The van der Waals surface area contributed by atoms with Gasteiger partial charge in [-0.05, 0) is 19.3 Å². The zero-order valence-electron chi connectivity index (χ0n) is 8.62. The number of aliphatic carboxylic acids is 1. The molecule has 0 spiro atoms. The van der Waals surface area contributed by atoms with Crippen molar-refractivity contribution in [2.75, 3.05) is 0 Å². The zero-order chi connectivity index (χ0) is 10.7. The van der Waals surface area contributed by atoms with E-state index in [0.717, 1.165) is 6.42 Å². The molecule has 4 nitrogen and oxygen atoms in total. The molecule has 1 fully saturated rings. The standard InChI is InChI=1S/C10H17NO3/c1-6(2)9(12)11-8-4-3-7(5-8)10(13)14/h6-8H,3-5H2,1-2H3,(H,11,12)(H,13,14)/t7-,8+/m1/s1. The Labute approximate surface area is 83.7 Å². The van der Waals surface area contributed by atoms with Crippen LogP contribution in [0.4, 0.5) is 0 Å². The minimum absolute atomic E-state index is 0.0149. The molecule has 0 heterocycles. The second-order valence-corrected chi connectivity index (χ2v) is 4.21. The number of nitrogens with one attached hydrogen (secondary N) is 1. The van der Waals surface area contributed by atoms with Crippen LogP contribution in [-0.2, 0) is 9.59 Å². The van der Waals surface area contributed by atoms with Gasteiger partial charge in [-0.1, -0.05) is 13.8 Å². The lowest BCUT2D eigenvalue weighted by Crippen LogP contribution is -2.36. The number of hydrogen-bond donors (Lipinski definition) is 2. The smallest absolute Gasteiger partial charge is 0.306 e. The monoisotopic (exact) mass is 199 g/mol. The maximum atomic E-state index is 11.3. The number of carboxylic acid groups (broad SMARTS) is 1. The molecule has 0 aromatic rings. The third-order valence-electron chi connectivity index (χ3n) is 2.65. The molecule has 1 rings (SSSR count). The lowest BCUT2D eigenvalue weighted by atomic mass is 10.1. The SMILES string of the molecule is CC(C)C(=O)N[C@H]1CC[C@@H](C(=O)O)C1. The molecular weight excluding hydrogens is 182 g/mol. The van der Waals surface area contributed by atoms with Gasteiger partial charge in [0.2, 0.25) is 5.91 Å². The average Bonchev–Trinajstić information content (AvgIpc) is 2.52.